The van der Waals surface area contributed by atoms with Gasteiger partial charge in [0.2, 0.25) is 0 Å². The van der Waals surface area contributed by atoms with Crippen molar-refractivity contribution in [1.82, 2.24) is 23.3 Å². The molecule has 0 aliphatic rings. The fourth-order valence-corrected chi connectivity index (χ4v) is 4.19. The van der Waals surface area contributed by atoms with E-state index in [1.54, 1.807) is 39.4 Å². The molecule has 0 saturated heterocycles. The zero-order chi connectivity index (χ0) is 23.5. The second-order valence-corrected chi connectivity index (χ2v) is 9.52. The highest BCUT2D eigenvalue weighted by atomic mass is 79.9. The Morgan fingerprint density at radius 2 is 1.81 bits per heavy atom. The Bertz CT molecular complexity index is 1510. The molecule has 3 aromatic heterocycles. The summed E-state index contributed by atoms with van der Waals surface area (Å²) >= 11 is 3.31. The molecule has 0 saturated carbocycles. The van der Waals surface area contributed by atoms with E-state index < -0.39 is 22.9 Å². The molecule has 0 spiro atoms. The van der Waals surface area contributed by atoms with E-state index in [-0.39, 0.29) is 17.7 Å². The number of para-hydroxylation sites is 1. The molecule has 10 heteroatoms. The minimum Gasteiger partial charge on any atom is -0.443 e. The van der Waals surface area contributed by atoms with Gasteiger partial charge in [0.15, 0.2) is 15.9 Å². The number of ether oxygens (including phenoxy) is 1. The zero-order valence-electron chi connectivity index (χ0n) is 18.8. The highest BCUT2D eigenvalue weighted by Crippen LogP contribution is 2.25. The molecule has 1 aromatic carbocycles. The van der Waals surface area contributed by atoms with Crippen LogP contribution in [-0.2, 0) is 25.4 Å². The van der Waals surface area contributed by atoms with Crippen molar-refractivity contribution in [3.63, 3.8) is 0 Å². The number of rotatable bonds is 2. The Hall–Kier alpha value is -3.14. The first-order valence-corrected chi connectivity index (χ1v) is 10.8. The normalized spacial score (nSPS) is 12.1. The lowest BCUT2D eigenvalue weighted by molar-refractivity contribution is 0.0539. The fourth-order valence-electron chi connectivity index (χ4n) is 3.84. The second kappa shape index (κ2) is 7.47. The van der Waals surface area contributed by atoms with Crippen LogP contribution in [0.15, 0.2) is 38.6 Å². The third-order valence-corrected chi connectivity index (χ3v) is 6.01. The number of hydrogen-bond acceptors (Lipinski definition) is 5. The van der Waals surface area contributed by atoms with Crippen molar-refractivity contribution in [2.24, 2.45) is 14.1 Å². The van der Waals surface area contributed by atoms with E-state index in [0.717, 1.165) is 15.5 Å². The maximum atomic E-state index is 13.3. The molecule has 0 bridgehead atoms. The van der Waals surface area contributed by atoms with Gasteiger partial charge in [0, 0.05) is 19.5 Å². The van der Waals surface area contributed by atoms with Crippen LogP contribution in [0.5, 0.6) is 0 Å². The summed E-state index contributed by atoms with van der Waals surface area (Å²) in [4.78, 5) is 43.8. The Morgan fingerprint density at radius 3 is 2.47 bits per heavy atom. The molecule has 0 radical (unpaired) electrons. The number of nitrogens with zero attached hydrogens (tertiary/aromatic N) is 5. The molecule has 0 aliphatic carbocycles. The van der Waals surface area contributed by atoms with Gasteiger partial charge in [-0.1, -0.05) is 18.2 Å². The Morgan fingerprint density at radius 1 is 1.12 bits per heavy atom. The van der Waals surface area contributed by atoms with Crippen LogP contribution < -0.4 is 11.2 Å². The van der Waals surface area contributed by atoms with Gasteiger partial charge in [0.05, 0.1) is 17.8 Å². The third-order valence-electron chi connectivity index (χ3n) is 5.30. The lowest BCUT2D eigenvalue weighted by atomic mass is 10.2. The van der Waals surface area contributed by atoms with E-state index in [2.05, 4.69) is 20.9 Å². The van der Waals surface area contributed by atoms with Crippen LogP contribution in [0.2, 0.25) is 0 Å². The summed E-state index contributed by atoms with van der Waals surface area (Å²) in [6.45, 7) is 7.17. The van der Waals surface area contributed by atoms with E-state index in [0.29, 0.717) is 15.9 Å². The Kier molecular flexibility index (Phi) is 5.15. The summed E-state index contributed by atoms with van der Waals surface area (Å²) in [6.07, 6.45) is -0.564. The van der Waals surface area contributed by atoms with Crippen LogP contribution in [0.4, 0.5) is 4.79 Å². The fraction of sp³-hybridized carbons (Fsp3) is 0.364. The van der Waals surface area contributed by atoms with Gasteiger partial charge in [-0.2, -0.15) is 0 Å². The lowest BCUT2D eigenvalue weighted by Crippen LogP contribution is -2.40. The van der Waals surface area contributed by atoms with Crippen molar-refractivity contribution in [3.8, 4) is 0 Å². The summed E-state index contributed by atoms with van der Waals surface area (Å²) in [5.74, 6) is 0. The summed E-state index contributed by atoms with van der Waals surface area (Å²) < 4.78 is 11.5. The molecule has 0 amide bonds. The molecule has 0 fully saturated rings. The molecule has 4 rings (SSSR count). The number of benzene rings is 1. The molecule has 0 unspecified atom stereocenters. The third kappa shape index (κ3) is 3.48. The lowest BCUT2D eigenvalue weighted by Gasteiger charge is -2.21. The van der Waals surface area contributed by atoms with Crippen molar-refractivity contribution in [1.29, 1.82) is 0 Å². The molecule has 4 aromatic rings. The molecule has 32 heavy (non-hydrogen) atoms. The highest BCUT2D eigenvalue weighted by Gasteiger charge is 2.25. The molecular weight excluding hydrogens is 478 g/mol. The van der Waals surface area contributed by atoms with Gasteiger partial charge < -0.3 is 9.30 Å². The Balaban J connectivity index is 1.97. The number of hydrogen-bond donors (Lipinski definition) is 0. The number of carbonyl (C=O) groups is 1. The van der Waals surface area contributed by atoms with Crippen LogP contribution in [0.1, 0.15) is 32.0 Å². The van der Waals surface area contributed by atoms with Gasteiger partial charge in [-0.25, -0.2) is 19.1 Å². The van der Waals surface area contributed by atoms with Crippen molar-refractivity contribution in [2.75, 3.05) is 0 Å². The van der Waals surface area contributed by atoms with Crippen molar-refractivity contribution >= 4 is 44.1 Å². The summed E-state index contributed by atoms with van der Waals surface area (Å²) in [6, 6.07) is 7.49. The number of imidazole rings is 1. The van der Waals surface area contributed by atoms with Gasteiger partial charge in [-0.3, -0.25) is 13.9 Å². The van der Waals surface area contributed by atoms with E-state index in [1.807, 2.05) is 31.2 Å². The maximum absolute atomic E-state index is 13.3. The highest BCUT2D eigenvalue weighted by molar-refractivity contribution is 9.10. The van der Waals surface area contributed by atoms with Gasteiger partial charge >= 0.3 is 11.8 Å². The largest absolute Gasteiger partial charge is 0.443 e. The zero-order valence-corrected chi connectivity index (χ0v) is 20.3. The summed E-state index contributed by atoms with van der Waals surface area (Å²) in [5, 5.41) is 0.820. The van der Waals surface area contributed by atoms with Gasteiger partial charge in [0.1, 0.15) is 5.60 Å². The molecule has 0 aliphatic heterocycles. The van der Waals surface area contributed by atoms with Crippen molar-refractivity contribution in [3.05, 3.63) is 61.1 Å². The number of aromatic nitrogens is 5. The smallest absolute Gasteiger partial charge is 0.419 e. The number of halogens is 1. The van der Waals surface area contributed by atoms with Gasteiger partial charge in [-0.05, 0) is 55.3 Å². The molecule has 0 atom stereocenters. The van der Waals surface area contributed by atoms with Crippen LogP contribution >= 0.6 is 15.9 Å². The predicted molar refractivity (Wildman–Crippen MR) is 125 cm³/mol. The first-order valence-electron chi connectivity index (χ1n) is 10.1. The van der Waals surface area contributed by atoms with Crippen molar-refractivity contribution in [2.45, 2.75) is 39.8 Å². The monoisotopic (exact) mass is 501 g/mol. The van der Waals surface area contributed by atoms with Crippen LogP contribution in [0.25, 0.3) is 22.1 Å². The van der Waals surface area contributed by atoms with E-state index >= 15 is 0 Å². The first-order chi connectivity index (χ1) is 14.9. The van der Waals surface area contributed by atoms with Crippen molar-refractivity contribution < 1.29 is 9.53 Å². The SMILES string of the molecule is Cc1cccc2cc(Cn3c(=O)c4c(nc(Br)n4C)n(C)c3=O)n(C(=O)OC(C)(C)C)c12. The topological polar surface area (TPSA) is 93.0 Å². The maximum Gasteiger partial charge on any atom is 0.419 e. The average Bonchev–Trinajstić information content (AvgIpc) is 3.21. The molecule has 9 nitrogen and oxygen atoms in total. The standard InChI is InChI=1S/C22H24BrN5O4/c1-12-8-7-9-13-10-14(28(15(12)13)21(31)32-22(2,3)4)11-27-18(29)16-17(26(6)20(27)30)24-19(23)25(16)5/h7-10H,11H2,1-6H3. The van der Waals surface area contributed by atoms with Crippen LogP contribution in [0, 0.1) is 6.92 Å². The van der Waals surface area contributed by atoms with Crippen LogP contribution in [0.3, 0.4) is 0 Å². The molecule has 168 valence electrons. The summed E-state index contributed by atoms with van der Waals surface area (Å²) in [7, 11) is 3.25. The van der Waals surface area contributed by atoms with Gasteiger partial charge in [0.25, 0.3) is 5.56 Å². The Labute approximate surface area is 192 Å². The minimum atomic E-state index is -0.708. The van der Waals surface area contributed by atoms with Gasteiger partial charge in [-0.15, -0.1) is 0 Å². The van der Waals surface area contributed by atoms with E-state index in [1.165, 1.54) is 9.13 Å². The van der Waals surface area contributed by atoms with E-state index in [9.17, 15) is 14.4 Å². The minimum absolute atomic E-state index is 0.0996. The number of fused-ring (bicyclic) bond motifs is 2. The number of aryl methyl sites for hydroxylation is 3. The molecule has 3 heterocycles. The number of carbonyl (C=O) groups excluding carboxylic acids is 1. The predicted octanol–water partition coefficient (Wildman–Crippen LogP) is 3.29. The first kappa shape index (κ1) is 22.1. The molecular formula is C22H24BrN5O4. The summed E-state index contributed by atoms with van der Waals surface area (Å²) in [5.41, 5.74) is 0.900. The average molecular weight is 502 g/mol. The van der Waals surface area contributed by atoms with E-state index in [4.69, 9.17) is 4.74 Å². The quantitative estimate of drug-likeness (QED) is 0.393. The second-order valence-electron chi connectivity index (χ2n) is 8.81. The van der Waals surface area contributed by atoms with Crippen LogP contribution in [-0.4, -0.2) is 34.9 Å². The molecule has 0 N–H and O–H groups in total.